The van der Waals surface area contributed by atoms with Crippen molar-refractivity contribution >= 4 is 35.1 Å². The van der Waals surface area contributed by atoms with Crippen molar-refractivity contribution in [1.82, 2.24) is 10.1 Å². The zero-order valence-electron chi connectivity index (χ0n) is 24.3. The lowest BCUT2D eigenvalue weighted by molar-refractivity contribution is 0.0554. The summed E-state index contributed by atoms with van der Waals surface area (Å²) in [5.41, 5.74) is 2.45. The van der Waals surface area contributed by atoms with E-state index in [1.165, 1.54) is 19.2 Å². The Morgan fingerprint density at radius 3 is 2.05 bits per heavy atom. The van der Waals surface area contributed by atoms with Crippen molar-refractivity contribution in [3.8, 4) is 23.0 Å². The van der Waals surface area contributed by atoms with E-state index < -0.39 is 5.97 Å². The highest BCUT2D eigenvalue weighted by atomic mass is 35.5. The molecule has 0 spiro atoms. The molecule has 0 radical (unpaired) electrons. The molecule has 1 aliphatic heterocycles. The average molecular weight is 642 g/mol. The van der Waals surface area contributed by atoms with Crippen LogP contribution in [-0.2, 0) is 18.0 Å². The molecule has 0 saturated carbocycles. The first-order valence-corrected chi connectivity index (χ1v) is 14.4. The Hall–Kier alpha value is -4.41. The Kier molecular flexibility index (Phi) is 9.82. The van der Waals surface area contributed by atoms with E-state index in [1.807, 2.05) is 48.5 Å². The molecule has 1 aliphatic rings. The first-order valence-electron chi connectivity index (χ1n) is 13.7. The zero-order valence-corrected chi connectivity index (χ0v) is 25.8. The molecule has 0 aliphatic carbocycles. The molecule has 0 unspecified atom stereocenters. The second kappa shape index (κ2) is 13.9. The van der Waals surface area contributed by atoms with Crippen molar-refractivity contribution in [1.29, 1.82) is 0 Å². The third-order valence-corrected chi connectivity index (χ3v) is 7.91. The van der Waals surface area contributed by atoms with Gasteiger partial charge in [0.25, 0.3) is 5.91 Å². The van der Waals surface area contributed by atoms with Crippen LogP contribution in [0.2, 0.25) is 10.0 Å². The van der Waals surface area contributed by atoms with Gasteiger partial charge in [0.1, 0.15) is 24.7 Å². The van der Waals surface area contributed by atoms with Gasteiger partial charge in [-0.25, -0.2) is 4.79 Å². The van der Waals surface area contributed by atoms with Gasteiger partial charge in [-0.05, 0) is 47.9 Å². The van der Waals surface area contributed by atoms with Crippen molar-refractivity contribution in [2.24, 2.45) is 0 Å². The van der Waals surface area contributed by atoms with Crippen LogP contribution in [-0.4, -0.2) is 56.4 Å². The van der Waals surface area contributed by atoms with Crippen LogP contribution in [0.3, 0.4) is 0 Å². The number of carbonyl (C=O) groups excluding carboxylic acids is 2. The molecule has 1 saturated heterocycles. The molecule has 12 heteroatoms. The van der Waals surface area contributed by atoms with Crippen LogP contribution in [0.5, 0.6) is 23.0 Å². The maximum Gasteiger partial charge on any atom is 0.376 e. The Balaban J connectivity index is 1.39. The maximum atomic E-state index is 13.7. The molecule has 44 heavy (non-hydrogen) atoms. The first kappa shape index (κ1) is 31.0. The number of carbonyl (C=O) groups is 2. The fraction of sp³-hybridized carbons (Fsp3) is 0.281. The number of nitrogens with zero attached hydrogens (tertiary/aromatic N) is 2. The van der Waals surface area contributed by atoms with Crippen molar-refractivity contribution in [2.45, 2.75) is 25.6 Å². The van der Waals surface area contributed by atoms with Gasteiger partial charge in [-0.1, -0.05) is 52.6 Å². The maximum absolute atomic E-state index is 13.7. The number of aromatic nitrogens is 1. The van der Waals surface area contributed by atoms with Crippen LogP contribution in [0.25, 0.3) is 0 Å². The van der Waals surface area contributed by atoms with Gasteiger partial charge < -0.3 is 33.1 Å². The Morgan fingerprint density at radius 2 is 1.48 bits per heavy atom. The summed E-state index contributed by atoms with van der Waals surface area (Å²) in [7, 11) is 4.45. The van der Waals surface area contributed by atoms with E-state index >= 15 is 0 Å². The van der Waals surface area contributed by atoms with Gasteiger partial charge in [0.05, 0.1) is 42.6 Å². The highest BCUT2D eigenvalue weighted by Gasteiger charge is 2.33. The van der Waals surface area contributed by atoms with Crippen LogP contribution < -0.4 is 18.9 Å². The molecule has 0 bridgehead atoms. The van der Waals surface area contributed by atoms with Crippen LogP contribution >= 0.6 is 23.2 Å². The molecule has 1 aromatic heterocycles. The summed E-state index contributed by atoms with van der Waals surface area (Å²) in [5, 5.41) is 4.25. The van der Waals surface area contributed by atoms with Gasteiger partial charge in [0, 0.05) is 25.1 Å². The first-order chi connectivity index (χ1) is 21.3. The molecular formula is C32H30Cl2N2O8. The van der Waals surface area contributed by atoms with Crippen LogP contribution in [0, 0.1) is 0 Å². The predicted octanol–water partition coefficient (Wildman–Crippen LogP) is 6.57. The summed E-state index contributed by atoms with van der Waals surface area (Å²) >= 11 is 13.6. The standard InChI is InChI=1S/C32H30Cl2N2O8/c1-39-22-8-4-19(5-9-22)17-42-29-25(33)14-24(28(34)30(29)43-18-20-6-10-23(40-2)11-7-20)31(37)36-13-12-21(16-36)26-15-27(44-35-26)32(38)41-3/h4-11,14-15,21H,12-13,16-18H2,1-3H3/t21-/m1/s1. The zero-order chi connectivity index (χ0) is 31.2. The van der Waals surface area contributed by atoms with Gasteiger partial charge in [-0.15, -0.1) is 0 Å². The van der Waals surface area contributed by atoms with Crippen LogP contribution in [0.15, 0.2) is 65.2 Å². The van der Waals surface area contributed by atoms with Crippen molar-refractivity contribution in [3.63, 3.8) is 0 Å². The highest BCUT2D eigenvalue weighted by Crippen LogP contribution is 2.45. The number of hydrogen-bond acceptors (Lipinski definition) is 9. The Bertz CT molecular complexity index is 1620. The molecule has 10 nitrogen and oxygen atoms in total. The summed E-state index contributed by atoms with van der Waals surface area (Å²) in [5.74, 6) is 0.732. The predicted molar refractivity (Wildman–Crippen MR) is 162 cm³/mol. The number of likely N-dealkylation sites (tertiary alicyclic amines) is 1. The smallest absolute Gasteiger partial charge is 0.376 e. The molecule has 1 fully saturated rings. The monoisotopic (exact) mass is 640 g/mol. The van der Waals surface area contributed by atoms with Gasteiger partial charge in [-0.3, -0.25) is 4.79 Å². The molecule has 2 heterocycles. The number of rotatable bonds is 11. The molecule has 5 rings (SSSR count). The van der Waals surface area contributed by atoms with E-state index in [0.717, 1.165) is 16.9 Å². The molecule has 1 amide bonds. The minimum Gasteiger partial charge on any atom is -0.497 e. The number of methoxy groups -OCH3 is 3. The minimum atomic E-state index is -0.618. The Labute approximate surface area is 264 Å². The molecule has 4 aromatic rings. The summed E-state index contributed by atoms with van der Waals surface area (Å²) in [6.45, 7) is 1.09. The minimum absolute atomic E-state index is 0.00554. The SMILES string of the molecule is COC(=O)c1cc([C@@H]2CCN(C(=O)c3cc(Cl)c(OCc4ccc(OC)cc4)c(OCc4ccc(OC)cc4)c3Cl)C2)no1. The van der Waals surface area contributed by atoms with E-state index in [0.29, 0.717) is 31.0 Å². The quantitative estimate of drug-likeness (QED) is 0.168. The summed E-state index contributed by atoms with van der Waals surface area (Å²) in [4.78, 5) is 27.2. The fourth-order valence-corrected chi connectivity index (χ4v) is 5.32. The van der Waals surface area contributed by atoms with E-state index in [2.05, 4.69) is 9.89 Å². The van der Waals surface area contributed by atoms with Crippen molar-refractivity contribution < 1.29 is 37.8 Å². The topological polar surface area (TPSA) is 110 Å². The molecule has 1 atom stereocenters. The number of ether oxygens (including phenoxy) is 5. The largest absolute Gasteiger partial charge is 0.497 e. The number of amides is 1. The lowest BCUT2D eigenvalue weighted by atomic mass is 10.1. The number of halogens is 2. The van der Waals surface area contributed by atoms with Crippen molar-refractivity contribution in [3.05, 3.63) is 98.9 Å². The highest BCUT2D eigenvalue weighted by molar-refractivity contribution is 6.38. The average Bonchev–Trinajstić information content (AvgIpc) is 3.75. The molecule has 230 valence electrons. The van der Waals surface area contributed by atoms with E-state index in [-0.39, 0.29) is 57.9 Å². The van der Waals surface area contributed by atoms with Crippen molar-refractivity contribution in [2.75, 3.05) is 34.4 Å². The van der Waals surface area contributed by atoms with Gasteiger partial charge in [0.2, 0.25) is 5.76 Å². The number of esters is 1. The van der Waals surface area contributed by atoms with Crippen LogP contribution in [0.1, 0.15) is 50.1 Å². The van der Waals surface area contributed by atoms with Gasteiger partial charge >= 0.3 is 5.97 Å². The summed E-state index contributed by atoms with van der Waals surface area (Å²) in [6.07, 6.45) is 0.619. The van der Waals surface area contributed by atoms with Gasteiger partial charge in [-0.2, -0.15) is 0 Å². The third-order valence-electron chi connectivity index (χ3n) is 7.25. The number of benzene rings is 3. The third kappa shape index (κ3) is 6.87. The van der Waals surface area contributed by atoms with Crippen LogP contribution in [0.4, 0.5) is 0 Å². The number of hydrogen-bond donors (Lipinski definition) is 0. The summed E-state index contributed by atoms with van der Waals surface area (Å²) < 4.78 is 32.6. The molecule has 3 aromatic carbocycles. The van der Waals surface area contributed by atoms with Gasteiger partial charge in [0.15, 0.2) is 11.5 Å². The summed E-state index contributed by atoms with van der Waals surface area (Å²) in [6, 6.07) is 17.8. The van der Waals surface area contributed by atoms with E-state index in [4.69, 9.17) is 46.7 Å². The molecular weight excluding hydrogens is 611 g/mol. The second-order valence-corrected chi connectivity index (χ2v) is 10.8. The molecule has 0 N–H and O–H groups in total. The lowest BCUT2D eigenvalue weighted by Crippen LogP contribution is -2.29. The van der Waals surface area contributed by atoms with E-state index in [1.54, 1.807) is 19.1 Å². The lowest BCUT2D eigenvalue weighted by Gasteiger charge is -2.21. The van der Waals surface area contributed by atoms with E-state index in [9.17, 15) is 9.59 Å². The Morgan fingerprint density at radius 1 is 0.886 bits per heavy atom. The normalized spacial score (nSPS) is 14.3. The fourth-order valence-electron chi connectivity index (χ4n) is 4.79. The second-order valence-electron chi connectivity index (χ2n) is 10.00.